The van der Waals surface area contributed by atoms with Crippen molar-refractivity contribution in [3.8, 4) is 0 Å². The molecule has 1 aliphatic heterocycles. The summed E-state index contributed by atoms with van der Waals surface area (Å²) in [6.45, 7) is 4.88. The zero-order valence-corrected chi connectivity index (χ0v) is 10.5. The Bertz CT molecular complexity index is 353. The van der Waals surface area contributed by atoms with Crippen molar-refractivity contribution in [2.24, 2.45) is 0 Å². The highest BCUT2D eigenvalue weighted by Crippen LogP contribution is 2.19. The first-order valence-electron chi connectivity index (χ1n) is 5.30. The number of likely N-dealkylation sites (tertiary alicyclic amines) is 1. The summed E-state index contributed by atoms with van der Waals surface area (Å²) in [6.07, 6.45) is 0.789. The number of hydrogen-bond acceptors (Lipinski definition) is 2. The maximum Gasteiger partial charge on any atom is 0.0679 e. The molecule has 3 heteroatoms. The van der Waals surface area contributed by atoms with Gasteiger partial charge in [-0.3, -0.25) is 4.90 Å². The molecule has 15 heavy (non-hydrogen) atoms. The van der Waals surface area contributed by atoms with E-state index in [1.807, 2.05) is 0 Å². The molecule has 82 valence electrons. The summed E-state index contributed by atoms with van der Waals surface area (Å²) in [4.78, 5) is 2.30. The third-order valence-corrected chi connectivity index (χ3v) is 3.77. The molecule has 1 N–H and O–H groups in total. The summed E-state index contributed by atoms with van der Waals surface area (Å²) < 4.78 is 1.16. The maximum absolute atomic E-state index is 9.43. The fourth-order valence-electron chi connectivity index (χ4n) is 2.02. The number of halogens is 1. The first-order valence-corrected chi connectivity index (χ1v) is 6.10. The number of β-amino-alcohol motifs (C(OH)–C–C–N with tert-alkyl or cyclic N) is 1. The first-order chi connectivity index (χ1) is 7.15. The molecule has 1 aliphatic rings. The Hall–Kier alpha value is -0.380. The Balaban J connectivity index is 2.02. The molecule has 1 atom stereocenters. The van der Waals surface area contributed by atoms with Crippen LogP contribution in [-0.2, 0) is 6.54 Å². The fraction of sp³-hybridized carbons (Fsp3) is 0.500. The number of rotatable bonds is 2. The van der Waals surface area contributed by atoms with Gasteiger partial charge in [-0.15, -0.1) is 0 Å². The van der Waals surface area contributed by atoms with E-state index < -0.39 is 0 Å². The summed E-state index contributed by atoms with van der Waals surface area (Å²) in [5.41, 5.74) is 2.59. The molecule has 1 aromatic rings. The molecule has 0 unspecified atom stereocenters. The van der Waals surface area contributed by atoms with Crippen LogP contribution in [-0.4, -0.2) is 29.2 Å². The van der Waals surface area contributed by atoms with Crippen LogP contribution in [0.3, 0.4) is 0 Å². The van der Waals surface area contributed by atoms with E-state index in [9.17, 15) is 5.11 Å². The van der Waals surface area contributed by atoms with Gasteiger partial charge in [0.05, 0.1) is 6.10 Å². The van der Waals surface area contributed by atoms with Gasteiger partial charge in [-0.2, -0.15) is 0 Å². The molecule has 0 saturated carbocycles. The van der Waals surface area contributed by atoms with Gasteiger partial charge in [0.25, 0.3) is 0 Å². The molecule has 2 nitrogen and oxygen atoms in total. The van der Waals surface area contributed by atoms with Crippen molar-refractivity contribution in [1.82, 2.24) is 4.90 Å². The highest BCUT2D eigenvalue weighted by Gasteiger charge is 2.19. The number of aryl methyl sites for hydroxylation is 1. The van der Waals surface area contributed by atoms with Crippen molar-refractivity contribution in [2.45, 2.75) is 26.0 Å². The Morgan fingerprint density at radius 2 is 2.33 bits per heavy atom. The van der Waals surface area contributed by atoms with Crippen LogP contribution >= 0.6 is 15.9 Å². The number of hydrogen-bond donors (Lipinski definition) is 1. The monoisotopic (exact) mass is 269 g/mol. The summed E-state index contributed by atoms with van der Waals surface area (Å²) in [5.74, 6) is 0. The van der Waals surface area contributed by atoms with Gasteiger partial charge in [0.2, 0.25) is 0 Å². The second kappa shape index (κ2) is 4.64. The van der Waals surface area contributed by atoms with Gasteiger partial charge in [0, 0.05) is 24.1 Å². The number of aliphatic hydroxyl groups is 1. The van der Waals surface area contributed by atoms with Gasteiger partial charge in [-0.1, -0.05) is 28.1 Å². The molecule has 2 rings (SSSR count). The minimum absolute atomic E-state index is 0.124. The SMILES string of the molecule is Cc1cc(CN2CC[C@@H](O)C2)ccc1Br. The second-order valence-electron chi connectivity index (χ2n) is 4.26. The lowest BCUT2D eigenvalue weighted by molar-refractivity contribution is 0.175. The van der Waals surface area contributed by atoms with Crippen LogP contribution in [0.25, 0.3) is 0 Å². The quantitative estimate of drug-likeness (QED) is 0.891. The molecule has 1 fully saturated rings. The van der Waals surface area contributed by atoms with Gasteiger partial charge < -0.3 is 5.11 Å². The largest absolute Gasteiger partial charge is 0.392 e. The predicted octanol–water partition coefficient (Wildman–Crippen LogP) is 2.32. The highest BCUT2D eigenvalue weighted by atomic mass is 79.9. The number of nitrogens with zero attached hydrogens (tertiary/aromatic N) is 1. The lowest BCUT2D eigenvalue weighted by Crippen LogP contribution is -2.21. The number of benzene rings is 1. The normalized spacial score (nSPS) is 22.2. The molecule has 1 saturated heterocycles. The molecular formula is C12H16BrNO. The Morgan fingerprint density at radius 3 is 2.93 bits per heavy atom. The van der Waals surface area contributed by atoms with Crippen LogP contribution in [0, 0.1) is 6.92 Å². The number of aliphatic hydroxyl groups excluding tert-OH is 1. The third kappa shape index (κ3) is 2.80. The zero-order valence-electron chi connectivity index (χ0n) is 8.91. The van der Waals surface area contributed by atoms with Gasteiger partial charge >= 0.3 is 0 Å². The Labute approximate surface area is 99.0 Å². The lowest BCUT2D eigenvalue weighted by atomic mass is 10.1. The van der Waals surface area contributed by atoms with Gasteiger partial charge in [0.1, 0.15) is 0 Å². The minimum atomic E-state index is -0.124. The molecule has 0 radical (unpaired) electrons. The molecule has 1 heterocycles. The molecule has 0 aromatic heterocycles. The molecular weight excluding hydrogens is 254 g/mol. The fourth-order valence-corrected chi connectivity index (χ4v) is 2.27. The molecule has 0 bridgehead atoms. The summed E-state index contributed by atoms with van der Waals surface area (Å²) in [7, 11) is 0. The van der Waals surface area contributed by atoms with E-state index in [1.54, 1.807) is 0 Å². The van der Waals surface area contributed by atoms with Gasteiger partial charge in [-0.05, 0) is 30.5 Å². The Kier molecular flexibility index (Phi) is 3.44. The van der Waals surface area contributed by atoms with Gasteiger partial charge in [0.15, 0.2) is 0 Å². The van der Waals surface area contributed by atoms with E-state index in [0.717, 1.165) is 30.5 Å². The Morgan fingerprint density at radius 1 is 1.53 bits per heavy atom. The molecule has 0 spiro atoms. The average Bonchev–Trinajstić information content (AvgIpc) is 2.58. The summed E-state index contributed by atoms with van der Waals surface area (Å²) in [5, 5.41) is 9.43. The standard InChI is InChI=1S/C12H16BrNO/c1-9-6-10(2-3-12(9)13)7-14-5-4-11(15)8-14/h2-3,6,11,15H,4-5,7-8H2,1H3/t11-/m1/s1. The van der Waals surface area contributed by atoms with Crippen molar-refractivity contribution >= 4 is 15.9 Å². The van der Waals surface area contributed by atoms with Crippen LogP contribution < -0.4 is 0 Å². The predicted molar refractivity (Wildman–Crippen MR) is 64.8 cm³/mol. The first kappa shape index (κ1) is 11.1. The van der Waals surface area contributed by atoms with Crippen LogP contribution in [0.4, 0.5) is 0 Å². The van der Waals surface area contributed by atoms with Crippen LogP contribution in [0.15, 0.2) is 22.7 Å². The third-order valence-electron chi connectivity index (χ3n) is 2.88. The van der Waals surface area contributed by atoms with Crippen LogP contribution in [0.1, 0.15) is 17.5 Å². The maximum atomic E-state index is 9.43. The molecule has 0 amide bonds. The van der Waals surface area contributed by atoms with Crippen LogP contribution in [0.5, 0.6) is 0 Å². The second-order valence-corrected chi connectivity index (χ2v) is 5.12. The molecule has 1 aromatic carbocycles. The van der Waals surface area contributed by atoms with Crippen molar-refractivity contribution < 1.29 is 5.11 Å². The zero-order chi connectivity index (χ0) is 10.8. The van der Waals surface area contributed by atoms with E-state index in [0.29, 0.717) is 0 Å². The van der Waals surface area contributed by atoms with Gasteiger partial charge in [-0.25, -0.2) is 0 Å². The molecule has 0 aliphatic carbocycles. The van der Waals surface area contributed by atoms with E-state index in [1.165, 1.54) is 11.1 Å². The van der Waals surface area contributed by atoms with Crippen molar-refractivity contribution in [3.63, 3.8) is 0 Å². The van der Waals surface area contributed by atoms with Crippen molar-refractivity contribution in [1.29, 1.82) is 0 Å². The van der Waals surface area contributed by atoms with E-state index in [2.05, 4.69) is 46.0 Å². The average molecular weight is 270 g/mol. The van der Waals surface area contributed by atoms with Crippen molar-refractivity contribution in [2.75, 3.05) is 13.1 Å². The van der Waals surface area contributed by atoms with E-state index in [-0.39, 0.29) is 6.10 Å². The summed E-state index contributed by atoms with van der Waals surface area (Å²) in [6, 6.07) is 6.44. The highest BCUT2D eigenvalue weighted by molar-refractivity contribution is 9.10. The summed E-state index contributed by atoms with van der Waals surface area (Å²) >= 11 is 3.50. The topological polar surface area (TPSA) is 23.5 Å². The van der Waals surface area contributed by atoms with Crippen LogP contribution in [0.2, 0.25) is 0 Å². The van der Waals surface area contributed by atoms with Crippen molar-refractivity contribution in [3.05, 3.63) is 33.8 Å². The van der Waals surface area contributed by atoms with E-state index >= 15 is 0 Å². The lowest BCUT2D eigenvalue weighted by Gasteiger charge is -2.15. The minimum Gasteiger partial charge on any atom is -0.392 e. The van der Waals surface area contributed by atoms with E-state index in [4.69, 9.17) is 0 Å². The smallest absolute Gasteiger partial charge is 0.0679 e.